The molecule has 94 valence electrons. The van der Waals surface area contributed by atoms with Crippen molar-refractivity contribution < 1.29 is 0 Å². The number of rotatable bonds is 3. The van der Waals surface area contributed by atoms with Gasteiger partial charge in [-0.2, -0.15) is 5.10 Å². The van der Waals surface area contributed by atoms with E-state index in [1.807, 2.05) is 4.57 Å². The molecule has 2 aromatic heterocycles. The molecule has 0 aliphatic heterocycles. The van der Waals surface area contributed by atoms with Crippen LogP contribution in [-0.2, 0) is 6.54 Å². The van der Waals surface area contributed by atoms with Gasteiger partial charge >= 0.3 is 0 Å². The van der Waals surface area contributed by atoms with Crippen molar-refractivity contribution >= 4 is 0 Å². The third-order valence-electron chi connectivity index (χ3n) is 3.57. The van der Waals surface area contributed by atoms with Gasteiger partial charge in [0.15, 0.2) is 5.43 Å². The van der Waals surface area contributed by atoms with Crippen LogP contribution in [0.2, 0.25) is 0 Å². The van der Waals surface area contributed by atoms with Crippen molar-refractivity contribution in [2.24, 2.45) is 0 Å². The molecule has 1 aliphatic carbocycles. The summed E-state index contributed by atoms with van der Waals surface area (Å²) in [5, 5.41) is 4.63. The zero-order valence-electron chi connectivity index (χ0n) is 10.3. The van der Waals surface area contributed by atoms with Crippen molar-refractivity contribution in [3.8, 4) is 0 Å². The minimum absolute atomic E-state index is 0.0442. The Bertz CT molecular complexity index is 558. The molecule has 2 aromatic rings. The zero-order chi connectivity index (χ0) is 12.4. The molecule has 4 nitrogen and oxygen atoms in total. The molecule has 18 heavy (non-hydrogen) atoms. The van der Waals surface area contributed by atoms with Crippen molar-refractivity contribution in [2.45, 2.75) is 38.3 Å². The summed E-state index contributed by atoms with van der Waals surface area (Å²) in [6.45, 7) is 0.722. The van der Waals surface area contributed by atoms with Crippen LogP contribution in [0.1, 0.15) is 37.4 Å². The highest BCUT2D eigenvalue weighted by molar-refractivity contribution is 5.03. The molecule has 1 fully saturated rings. The van der Waals surface area contributed by atoms with E-state index in [0.29, 0.717) is 6.04 Å². The number of aromatic nitrogens is 3. The van der Waals surface area contributed by atoms with Crippen molar-refractivity contribution in [2.75, 3.05) is 0 Å². The second-order valence-electron chi connectivity index (χ2n) is 4.93. The van der Waals surface area contributed by atoms with E-state index >= 15 is 0 Å². The molecule has 1 saturated carbocycles. The van der Waals surface area contributed by atoms with Crippen LogP contribution in [0.3, 0.4) is 0 Å². The van der Waals surface area contributed by atoms with Crippen LogP contribution in [-0.4, -0.2) is 14.3 Å². The molecule has 0 atom stereocenters. The summed E-state index contributed by atoms with van der Waals surface area (Å²) in [5.74, 6) is 0. The summed E-state index contributed by atoms with van der Waals surface area (Å²) in [7, 11) is 0. The fourth-order valence-corrected chi connectivity index (χ4v) is 2.57. The Balaban J connectivity index is 1.73. The Morgan fingerprint density at radius 1 is 1.11 bits per heavy atom. The van der Waals surface area contributed by atoms with E-state index in [4.69, 9.17) is 0 Å². The summed E-state index contributed by atoms with van der Waals surface area (Å²) in [6, 6.07) is 5.81. The minimum Gasteiger partial charge on any atom is -0.348 e. The van der Waals surface area contributed by atoms with E-state index in [-0.39, 0.29) is 5.43 Å². The van der Waals surface area contributed by atoms with Gasteiger partial charge < -0.3 is 4.57 Å². The molecule has 3 rings (SSSR count). The first kappa shape index (κ1) is 11.3. The Morgan fingerprint density at radius 2 is 1.83 bits per heavy atom. The van der Waals surface area contributed by atoms with Gasteiger partial charge in [0.1, 0.15) is 0 Å². The van der Waals surface area contributed by atoms with Gasteiger partial charge in [-0.15, -0.1) is 0 Å². The summed E-state index contributed by atoms with van der Waals surface area (Å²) in [6.07, 6.45) is 10.8. The second-order valence-corrected chi connectivity index (χ2v) is 4.93. The molecule has 0 aromatic carbocycles. The molecule has 0 amide bonds. The van der Waals surface area contributed by atoms with E-state index in [1.165, 1.54) is 25.7 Å². The molecule has 0 N–H and O–H groups in total. The monoisotopic (exact) mass is 243 g/mol. The molecule has 4 heteroatoms. The number of hydrogen-bond acceptors (Lipinski definition) is 2. The van der Waals surface area contributed by atoms with Crippen LogP contribution in [0.5, 0.6) is 0 Å². The fourth-order valence-electron chi connectivity index (χ4n) is 2.57. The van der Waals surface area contributed by atoms with Gasteiger partial charge in [-0.3, -0.25) is 9.48 Å². The maximum atomic E-state index is 11.0. The van der Waals surface area contributed by atoms with Crippen LogP contribution in [0.15, 0.2) is 41.6 Å². The van der Waals surface area contributed by atoms with E-state index in [2.05, 4.69) is 22.0 Å². The molecular weight excluding hydrogens is 226 g/mol. The average molecular weight is 243 g/mol. The molecule has 0 unspecified atom stereocenters. The highest BCUT2D eigenvalue weighted by Crippen LogP contribution is 2.28. The summed E-state index contributed by atoms with van der Waals surface area (Å²) < 4.78 is 4.08. The quantitative estimate of drug-likeness (QED) is 0.829. The van der Waals surface area contributed by atoms with Crippen molar-refractivity contribution in [1.29, 1.82) is 0 Å². The SMILES string of the molecule is O=c1ccn(Cc2ccn(C3CCCC3)n2)cc1. The topological polar surface area (TPSA) is 39.8 Å². The third kappa shape index (κ3) is 2.37. The second kappa shape index (κ2) is 4.80. The maximum absolute atomic E-state index is 11.0. The Hall–Kier alpha value is -1.84. The summed E-state index contributed by atoms with van der Waals surface area (Å²) in [5.41, 5.74) is 1.09. The van der Waals surface area contributed by atoms with E-state index < -0.39 is 0 Å². The highest BCUT2D eigenvalue weighted by Gasteiger charge is 2.17. The Labute approximate surface area is 106 Å². The first-order valence-corrected chi connectivity index (χ1v) is 6.51. The lowest BCUT2D eigenvalue weighted by Gasteiger charge is -2.09. The first-order chi connectivity index (χ1) is 8.81. The average Bonchev–Trinajstić information content (AvgIpc) is 3.02. The molecule has 2 heterocycles. The van der Waals surface area contributed by atoms with E-state index in [9.17, 15) is 4.79 Å². The van der Waals surface area contributed by atoms with Gasteiger partial charge in [0, 0.05) is 30.7 Å². The normalized spacial score (nSPS) is 16.2. The summed E-state index contributed by atoms with van der Waals surface area (Å²) in [4.78, 5) is 11.0. The predicted molar refractivity (Wildman–Crippen MR) is 69.5 cm³/mol. The van der Waals surface area contributed by atoms with Gasteiger partial charge in [0.25, 0.3) is 0 Å². The van der Waals surface area contributed by atoms with Crippen molar-refractivity contribution in [1.82, 2.24) is 14.3 Å². The van der Waals surface area contributed by atoms with Crippen molar-refractivity contribution in [3.05, 3.63) is 52.7 Å². The molecular formula is C14H17N3O. The van der Waals surface area contributed by atoms with Gasteiger partial charge in [0.05, 0.1) is 18.3 Å². The largest absolute Gasteiger partial charge is 0.348 e. The lowest BCUT2D eigenvalue weighted by molar-refractivity contribution is 0.461. The highest BCUT2D eigenvalue weighted by atomic mass is 16.1. The lowest BCUT2D eigenvalue weighted by atomic mass is 10.3. The van der Waals surface area contributed by atoms with E-state index in [0.717, 1.165) is 12.2 Å². The van der Waals surface area contributed by atoms with Gasteiger partial charge in [0.2, 0.25) is 0 Å². The molecule has 0 radical (unpaired) electrons. The van der Waals surface area contributed by atoms with Crippen LogP contribution < -0.4 is 5.43 Å². The number of hydrogen-bond donors (Lipinski definition) is 0. The van der Waals surface area contributed by atoms with Gasteiger partial charge in [-0.05, 0) is 18.9 Å². The smallest absolute Gasteiger partial charge is 0.181 e. The maximum Gasteiger partial charge on any atom is 0.181 e. The lowest BCUT2D eigenvalue weighted by Crippen LogP contribution is -2.08. The zero-order valence-corrected chi connectivity index (χ0v) is 10.3. The molecule has 0 saturated heterocycles. The van der Waals surface area contributed by atoms with Crippen LogP contribution in [0, 0.1) is 0 Å². The minimum atomic E-state index is 0.0442. The molecule has 1 aliphatic rings. The molecule has 0 bridgehead atoms. The third-order valence-corrected chi connectivity index (χ3v) is 3.57. The predicted octanol–water partition coefficient (Wildman–Crippen LogP) is 2.21. The van der Waals surface area contributed by atoms with Crippen LogP contribution >= 0.6 is 0 Å². The standard InChI is InChI=1S/C14H17N3O/c18-14-6-8-16(9-7-14)11-12-5-10-17(15-12)13-3-1-2-4-13/h5-10,13H,1-4,11H2. The first-order valence-electron chi connectivity index (χ1n) is 6.51. The van der Waals surface area contributed by atoms with E-state index in [1.54, 1.807) is 24.5 Å². The Kier molecular flexibility index (Phi) is 3.00. The number of pyridine rings is 1. The fraction of sp³-hybridized carbons (Fsp3) is 0.429. The van der Waals surface area contributed by atoms with Crippen molar-refractivity contribution in [3.63, 3.8) is 0 Å². The van der Waals surface area contributed by atoms with Gasteiger partial charge in [-0.1, -0.05) is 12.8 Å². The Morgan fingerprint density at radius 3 is 2.56 bits per heavy atom. The van der Waals surface area contributed by atoms with Crippen LogP contribution in [0.25, 0.3) is 0 Å². The molecule has 0 spiro atoms. The van der Waals surface area contributed by atoms with Gasteiger partial charge in [-0.25, -0.2) is 0 Å². The summed E-state index contributed by atoms with van der Waals surface area (Å²) >= 11 is 0. The number of nitrogens with zero attached hydrogens (tertiary/aromatic N) is 3. The van der Waals surface area contributed by atoms with Crippen LogP contribution in [0.4, 0.5) is 0 Å².